The molecule has 0 radical (unpaired) electrons. The van der Waals surface area contributed by atoms with Gasteiger partial charge < -0.3 is 5.21 Å². The summed E-state index contributed by atoms with van der Waals surface area (Å²) in [6.45, 7) is 0.161. The lowest BCUT2D eigenvalue weighted by Gasteiger charge is -2.09. The standard InChI is InChI=1S/C20H13F2N3O2/c21-16-9-15(10-17(22)11-16)18-4-6-20(26)24(23-18)12-13-3-5-19-14(8-13)2-1-7-25(19)27/h1-11H,12H2. The fourth-order valence-corrected chi connectivity index (χ4v) is 2.93. The van der Waals surface area contributed by atoms with Crippen LogP contribution in [0.15, 0.2) is 71.7 Å². The van der Waals surface area contributed by atoms with E-state index in [2.05, 4.69) is 5.10 Å². The van der Waals surface area contributed by atoms with Crippen molar-refractivity contribution in [2.45, 2.75) is 6.54 Å². The van der Waals surface area contributed by atoms with E-state index in [-0.39, 0.29) is 23.4 Å². The molecule has 4 rings (SSSR count). The number of hydrogen-bond acceptors (Lipinski definition) is 3. The van der Waals surface area contributed by atoms with Crippen molar-refractivity contribution < 1.29 is 13.5 Å². The summed E-state index contributed by atoms with van der Waals surface area (Å²) in [5.41, 5.74) is 1.47. The van der Waals surface area contributed by atoms with Gasteiger partial charge in [-0.1, -0.05) is 6.07 Å². The van der Waals surface area contributed by atoms with Gasteiger partial charge in [-0.2, -0.15) is 9.83 Å². The molecular formula is C20H13F2N3O2. The Kier molecular flexibility index (Phi) is 4.12. The Bertz CT molecular complexity index is 1200. The Hall–Kier alpha value is -3.61. The van der Waals surface area contributed by atoms with E-state index in [0.29, 0.717) is 5.52 Å². The minimum Gasteiger partial charge on any atom is -0.618 e. The van der Waals surface area contributed by atoms with Gasteiger partial charge in [0.15, 0.2) is 6.20 Å². The molecule has 0 saturated heterocycles. The van der Waals surface area contributed by atoms with Crippen LogP contribution in [0.25, 0.3) is 22.2 Å². The molecule has 4 aromatic rings. The molecule has 0 atom stereocenters. The highest BCUT2D eigenvalue weighted by Gasteiger charge is 2.09. The first kappa shape index (κ1) is 16.8. The van der Waals surface area contributed by atoms with E-state index < -0.39 is 11.6 Å². The van der Waals surface area contributed by atoms with Crippen LogP contribution in [0, 0.1) is 16.8 Å². The van der Waals surface area contributed by atoms with Crippen molar-refractivity contribution in [3.05, 3.63) is 99.6 Å². The molecule has 0 aliphatic carbocycles. The predicted octanol–water partition coefficient (Wildman–Crippen LogP) is 3.02. The zero-order chi connectivity index (χ0) is 19.0. The van der Waals surface area contributed by atoms with Gasteiger partial charge in [-0.3, -0.25) is 4.79 Å². The summed E-state index contributed by atoms with van der Waals surface area (Å²) in [6.07, 6.45) is 1.41. The van der Waals surface area contributed by atoms with E-state index in [0.717, 1.165) is 33.9 Å². The number of benzene rings is 2. The minimum absolute atomic E-state index is 0.161. The van der Waals surface area contributed by atoms with Gasteiger partial charge in [0.25, 0.3) is 5.56 Å². The van der Waals surface area contributed by atoms with Gasteiger partial charge in [0.1, 0.15) is 11.6 Å². The Labute approximate surface area is 152 Å². The maximum Gasteiger partial charge on any atom is 0.267 e. The molecule has 0 spiro atoms. The molecular weight excluding hydrogens is 352 g/mol. The van der Waals surface area contributed by atoms with Crippen molar-refractivity contribution in [1.82, 2.24) is 9.78 Å². The lowest BCUT2D eigenvalue weighted by atomic mass is 10.1. The van der Waals surface area contributed by atoms with Crippen molar-refractivity contribution in [2.24, 2.45) is 0 Å². The summed E-state index contributed by atoms with van der Waals surface area (Å²) >= 11 is 0. The van der Waals surface area contributed by atoms with Crippen LogP contribution in [0.4, 0.5) is 8.78 Å². The largest absolute Gasteiger partial charge is 0.618 e. The molecule has 0 aliphatic heterocycles. The van der Waals surface area contributed by atoms with Gasteiger partial charge in [0.05, 0.1) is 12.2 Å². The number of halogens is 2. The second kappa shape index (κ2) is 6.60. The predicted molar refractivity (Wildman–Crippen MR) is 95.9 cm³/mol. The molecule has 7 heteroatoms. The van der Waals surface area contributed by atoms with Crippen molar-refractivity contribution in [1.29, 1.82) is 0 Å². The number of aromatic nitrogens is 3. The number of rotatable bonds is 3. The van der Waals surface area contributed by atoms with Crippen molar-refractivity contribution in [3.8, 4) is 11.3 Å². The molecule has 2 heterocycles. The smallest absolute Gasteiger partial charge is 0.267 e. The van der Waals surface area contributed by atoms with Gasteiger partial charge in [-0.15, -0.1) is 0 Å². The summed E-state index contributed by atoms with van der Waals surface area (Å²) in [4.78, 5) is 12.2. The first-order valence-electron chi connectivity index (χ1n) is 8.15. The third-order valence-corrected chi connectivity index (χ3v) is 4.18. The van der Waals surface area contributed by atoms with Gasteiger partial charge in [-0.25, -0.2) is 13.5 Å². The van der Waals surface area contributed by atoms with E-state index in [1.54, 1.807) is 30.3 Å². The molecule has 5 nitrogen and oxygen atoms in total. The van der Waals surface area contributed by atoms with E-state index in [1.807, 2.05) is 0 Å². The van der Waals surface area contributed by atoms with Crippen LogP contribution in [0.3, 0.4) is 0 Å². The average molecular weight is 365 g/mol. The lowest BCUT2D eigenvalue weighted by Crippen LogP contribution is -2.26. The van der Waals surface area contributed by atoms with Crippen molar-refractivity contribution in [3.63, 3.8) is 0 Å². The van der Waals surface area contributed by atoms with Crippen LogP contribution >= 0.6 is 0 Å². The van der Waals surface area contributed by atoms with Crippen LogP contribution < -0.4 is 10.3 Å². The maximum absolute atomic E-state index is 13.5. The zero-order valence-electron chi connectivity index (χ0n) is 14.0. The normalized spacial score (nSPS) is 11.0. The Morgan fingerprint density at radius 3 is 2.56 bits per heavy atom. The Balaban J connectivity index is 1.73. The van der Waals surface area contributed by atoms with Crippen LogP contribution in [0.5, 0.6) is 0 Å². The second-order valence-electron chi connectivity index (χ2n) is 6.10. The van der Waals surface area contributed by atoms with Crippen LogP contribution in [0.1, 0.15) is 5.56 Å². The fourth-order valence-electron chi connectivity index (χ4n) is 2.93. The van der Waals surface area contributed by atoms with Gasteiger partial charge in [0.2, 0.25) is 5.52 Å². The zero-order valence-corrected chi connectivity index (χ0v) is 14.0. The number of hydrogen-bond donors (Lipinski definition) is 0. The quantitative estimate of drug-likeness (QED) is 0.414. The number of nitrogens with zero attached hydrogens (tertiary/aromatic N) is 3. The molecule has 0 saturated carbocycles. The molecule has 0 aliphatic rings. The fraction of sp³-hybridized carbons (Fsp3) is 0.0500. The summed E-state index contributed by atoms with van der Waals surface area (Å²) < 4.78 is 28.9. The highest BCUT2D eigenvalue weighted by Crippen LogP contribution is 2.19. The molecule has 2 aromatic heterocycles. The highest BCUT2D eigenvalue weighted by molar-refractivity contribution is 5.76. The van der Waals surface area contributed by atoms with Crippen molar-refractivity contribution in [2.75, 3.05) is 0 Å². The van der Waals surface area contributed by atoms with E-state index in [4.69, 9.17) is 0 Å². The summed E-state index contributed by atoms with van der Waals surface area (Å²) in [7, 11) is 0. The maximum atomic E-state index is 13.5. The molecule has 0 N–H and O–H groups in total. The summed E-state index contributed by atoms with van der Waals surface area (Å²) in [5.74, 6) is -1.44. The van der Waals surface area contributed by atoms with Gasteiger partial charge in [0, 0.05) is 35.2 Å². The monoisotopic (exact) mass is 365 g/mol. The van der Waals surface area contributed by atoms with Gasteiger partial charge in [-0.05, 0) is 35.9 Å². The third kappa shape index (κ3) is 3.39. The first-order chi connectivity index (χ1) is 13.0. The first-order valence-corrected chi connectivity index (χ1v) is 8.15. The lowest BCUT2D eigenvalue weighted by molar-refractivity contribution is -0.577. The van der Waals surface area contributed by atoms with Crippen LogP contribution in [-0.2, 0) is 6.54 Å². The molecule has 2 aromatic carbocycles. The summed E-state index contributed by atoms with van der Waals surface area (Å²) in [5, 5.41) is 16.7. The number of pyridine rings is 1. The molecule has 0 amide bonds. The van der Waals surface area contributed by atoms with E-state index in [1.165, 1.54) is 23.0 Å². The highest BCUT2D eigenvalue weighted by atomic mass is 19.1. The molecule has 27 heavy (non-hydrogen) atoms. The molecule has 134 valence electrons. The van der Waals surface area contributed by atoms with Gasteiger partial charge >= 0.3 is 0 Å². The number of fused-ring (bicyclic) bond motifs is 1. The van der Waals surface area contributed by atoms with E-state index in [9.17, 15) is 18.8 Å². The average Bonchev–Trinajstić information content (AvgIpc) is 2.63. The SMILES string of the molecule is O=c1ccc(-c2cc(F)cc(F)c2)nn1Cc1ccc2c(ccc[n+]2[O-])c1. The van der Waals surface area contributed by atoms with Crippen molar-refractivity contribution >= 4 is 10.9 Å². The van der Waals surface area contributed by atoms with Crippen LogP contribution in [0.2, 0.25) is 0 Å². The summed E-state index contributed by atoms with van der Waals surface area (Å²) in [6, 6.07) is 14.5. The molecule has 0 fully saturated rings. The topological polar surface area (TPSA) is 61.8 Å². The molecule has 0 unspecified atom stereocenters. The van der Waals surface area contributed by atoms with Crippen LogP contribution in [-0.4, -0.2) is 9.78 Å². The van der Waals surface area contributed by atoms with E-state index >= 15 is 0 Å². The Morgan fingerprint density at radius 1 is 1.00 bits per heavy atom. The Morgan fingerprint density at radius 2 is 1.78 bits per heavy atom. The molecule has 0 bridgehead atoms. The minimum atomic E-state index is -0.718. The second-order valence-corrected chi connectivity index (χ2v) is 6.10. The third-order valence-electron chi connectivity index (χ3n) is 4.18.